The molecule has 0 radical (unpaired) electrons. The number of fused-ring (bicyclic) bond motifs is 1. The highest BCUT2D eigenvalue weighted by Crippen LogP contribution is 2.30. The molecule has 1 unspecified atom stereocenters. The van der Waals surface area contributed by atoms with Gasteiger partial charge in [-0.3, -0.25) is 0 Å². The highest BCUT2D eigenvalue weighted by Gasteiger charge is 2.24. The van der Waals surface area contributed by atoms with Gasteiger partial charge >= 0.3 is 0 Å². The number of aromatic nitrogens is 1. The Kier molecular flexibility index (Phi) is 7.88. The van der Waals surface area contributed by atoms with Crippen LogP contribution in [0.15, 0.2) is 24.3 Å². The maximum atomic E-state index is 11.9. The lowest BCUT2D eigenvalue weighted by Gasteiger charge is -2.23. The molecule has 0 aliphatic carbocycles. The molecule has 0 spiro atoms. The fourth-order valence-corrected chi connectivity index (χ4v) is 5.89. The van der Waals surface area contributed by atoms with Crippen LogP contribution in [-0.4, -0.2) is 32.2 Å². The number of halogens is 1. The summed E-state index contributed by atoms with van der Waals surface area (Å²) in [6.07, 6.45) is 5.07. The van der Waals surface area contributed by atoms with Crippen molar-refractivity contribution in [3.05, 3.63) is 50.4 Å². The fourth-order valence-electron chi connectivity index (χ4n) is 3.33. The lowest BCUT2D eigenvalue weighted by molar-refractivity contribution is 0.495. The van der Waals surface area contributed by atoms with E-state index in [4.69, 9.17) is 16.6 Å². The van der Waals surface area contributed by atoms with Crippen molar-refractivity contribution in [3.63, 3.8) is 0 Å². The van der Waals surface area contributed by atoms with E-state index in [-0.39, 0.29) is 11.8 Å². The minimum atomic E-state index is -3.13. The first-order valence-electron chi connectivity index (χ1n) is 9.90. The summed E-state index contributed by atoms with van der Waals surface area (Å²) in [6, 6.07) is 8.21. The Morgan fingerprint density at radius 3 is 2.82 bits per heavy atom. The molecule has 5 nitrogen and oxygen atoms in total. The number of unbranched alkanes of at least 4 members (excludes halogenated alkanes) is 1. The molecule has 0 amide bonds. The van der Waals surface area contributed by atoms with Crippen LogP contribution in [0.3, 0.4) is 0 Å². The quantitative estimate of drug-likeness (QED) is 0.549. The van der Waals surface area contributed by atoms with Crippen LogP contribution in [0.1, 0.15) is 53.4 Å². The number of hydrogen-bond acceptors (Lipinski definition) is 5. The number of thiazole rings is 1. The Balaban J connectivity index is 1.54. The molecule has 2 N–H and O–H groups in total. The SMILES string of the molecule is CCCCS(=O)(=O)NCCCc1nc2c(s1)CCNC2Cc1ccc(Cl)cc1. The van der Waals surface area contributed by atoms with E-state index >= 15 is 0 Å². The van der Waals surface area contributed by atoms with Crippen LogP contribution in [0, 0.1) is 0 Å². The average Bonchev–Trinajstić information content (AvgIpc) is 3.10. The van der Waals surface area contributed by atoms with E-state index in [1.807, 2.05) is 19.1 Å². The third kappa shape index (κ3) is 6.26. The molecule has 8 heteroatoms. The van der Waals surface area contributed by atoms with Crippen molar-refractivity contribution >= 4 is 33.0 Å². The van der Waals surface area contributed by atoms with Crippen molar-refractivity contribution in [2.24, 2.45) is 0 Å². The molecular formula is C20H28ClN3O2S2. The first kappa shape index (κ1) is 21.7. The van der Waals surface area contributed by atoms with E-state index < -0.39 is 10.0 Å². The lowest BCUT2D eigenvalue weighted by atomic mass is 9.99. The van der Waals surface area contributed by atoms with Gasteiger partial charge in [0.2, 0.25) is 10.0 Å². The summed E-state index contributed by atoms with van der Waals surface area (Å²) in [5.41, 5.74) is 2.40. The minimum Gasteiger partial charge on any atom is -0.308 e. The van der Waals surface area contributed by atoms with E-state index in [1.165, 1.54) is 10.4 Å². The van der Waals surface area contributed by atoms with E-state index in [2.05, 4.69) is 22.2 Å². The van der Waals surface area contributed by atoms with Gasteiger partial charge < -0.3 is 5.32 Å². The zero-order chi connectivity index (χ0) is 20.0. The number of hydrogen-bond donors (Lipinski definition) is 2. The molecule has 1 aromatic carbocycles. The summed E-state index contributed by atoms with van der Waals surface area (Å²) in [5.74, 6) is 0.215. The Labute approximate surface area is 177 Å². The minimum absolute atomic E-state index is 0.215. The zero-order valence-corrected chi connectivity index (χ0v) is 18.6. The lowest BCUT2D eigenvalue weighted by Crippen LogP contribution is -2.30. The second-order valence-electron chi connectivity index (χ2n) is 7.17. The van der Waals surface area contributed by atoms with Gasteiger partial charge in [-0.1, -0.05) is 37.1 Å². The number of rotatable bonds is 10. The molecule has 2 heterocycles. The van der Waals surface area contributed by atoms with Gasteiger partial charge in [0, 0.05) is 29.4 Å². The zero-order valence-electron chi connectivity index (χ0n) is 16.2. The topological polar surface area (TPSA) is 71.1 Å². The number of aryl methyl sites for hydroxylation is 1. The number of nitrogens with one attached hydrogen (secondary N) is 2. The van der Waals surface area contributed by atoms with Crippen molar-refractivity contribution in [3.8, 4) is 0 Å². The molecule has 0 saturated heterocycles. The molecule has 2 aromatic rings. The van der Waals surface area contributed by atoms with Gasteiger partial charge in [0.25, 0.3) is 0 Å². The van der Waals surface area contributed by atoms with Gasteiger partial charge in [0.1, 0.15) is 0 Å². The fraction of sp³-hybridized carbons (Fsp3) is 0.550. The standard InChI is InChI=1S/C20H28ClN3O2S2/c1-2-3-13-28(25,26)23-11-4-5-19-24-20-17(22-12-10-18(20)27-19)14-15-6-8-16(21)9-7-15/h6-9,17,22-23H,2-5,10-14H2,1H3. The molecule has 1 aromatic heterocycles. The van der Waals surface area contributed by atoms with Crippen LogP contribution in [0.25, 0.3) is 0 Å². The molecule has 28 heavy (non-hydrogen) atoms. The molecule has 3 rings (SSSR count). The van der Waals surface area contributed by atoms with E-state index in [0.717, 1.165) is 54.4 Å². The smallest absolute Gasteiger partial charge is 0.211 e. The summed E-state index contributed by atoms with van der Waals surface area (Å²) in [5, 5.41) is 5.43. The number of benzene rings is 1. The molecule has 154 valence electrons. The molecular weight excluding hydrogens is 414 g/mol. The van der Waals surface area contributed by atoms with Crippen LogP contribution in [0.2, 0.25) is 5.02 Å². The third-order valence-electron chi connectivity index (χ3n) is 4.85. The van der Waals surface area contributed by atoms with E-state index in [0.29, 0.717) is 13.0 Å². The van der Waals surface area contributed by atoms with Crippen molar-refractivity contribution in [1.29, 1.82) is 0 Å². The largest absolute Gasteiger partial charge is 0.308 e. The monoisotopic (exact) mass is 441 g/mol. The highest BCUT2D eigenvalue weighted by molar-refractivity contribution is 7.89. The van der Waals surface area contributed by atoms with Crippen LogP contribution < -0.4 is 10.0 Å². The molecule has 0 bridgehead atoms. The summed E-state index contributed by atoms with van der Waals surface area (Å²) < 4.78 is 26.4. The summed E-state index contributed by atoms with van der Waals surface area (Å²) in [7, 11) is -3.13. The average molecular weight is 442 g/mol. The van der Waals surface area contributed by atoms with Crippen LogP contribution >= 0.6 is 22.9 Å². The van der Waals surface area contributed by atoms with Crippen LogP contribution in [-0.2, 0) is 29.3 Å². The Morgan fingerprint density at radius 1 is 1.29 bits per heavy atom. The van der Waals surface area contributed by atoms with Gasteiger partial charge in [-0.15, -0.1) is 11.3 Å². The Bertz CT molecular complexity index is 866. The van der Waals surface area contributed by atoms with Crippen molar-refractivity contribution in [2.45, 2.75) is 51.5 Å². The van der Waals surface area contributed by atoms with E-state index in [1.54, 1.807) is 11.3 Å². The molecule has 1 aliphatic rings. The normalized spacial score (nSPS) is 16.9. The molecule has 1 atom stereocenters. The summed E-state index contributed by atoms with van der Waals surface area (Å²) in [4.78, 5) is 6.24. The van der Waals surface area contributed by atoms with Crippen LogP contribution in [0.4, 0.5) is 0 Å². The van der Waals surface area contributed by atoms with Gasteiger partial charge in [0.15, 0.2) is 0 Å². The first-order chi connectivity index (χ1) is 13.5. The second kappa shape index (κ2) is 10.2. The van der Waals surface area contributed by atoms with Gasteiger partial charge in [0.05, 0.1) is 22.5 Å². The maximum Gasteiger partial charge on any atom is 0.211 e. The maximum absolute atomic E-state index is 11.9. The van der Waals surface area contributed by atoms with E-state index in [9.17, 15) is 8.42 Å². The Morgan fingerprint density at radius 2 is 2.07 bits per heavy atom. The molecule has 0 fully saturated rings. The van der Waals surface area contributed by atoms with Gasteiger partial charge in [-0.25, -0.2) is 18.1 Å². The van der Waals surface area contributed by atoms with Gasteiger partial charge in [-0.2, -0.15) is 0 Å². The Hall–Kier alpha value is -0.990. The first-order valence-corrected chi connectivity index (χ1v) is 12.7. The second-order valence-corrected chi connectivity index (χ2v) is 10.7. The van der Waals surface area contributed by atoms with Crippen molar-refractivity contribution < 1.29 is 8.42 Å². The van der Waals surface area contributed by atoms with Crippen molar-refractivity contribution in [1.82, 2.24) is 15.0 Å². The highest BCUT2D eigenvalue weighted by atomic mass is 35.5. The molecule has 0 saturated carbocycles. The summed E-state index contributed by atoms with van der Waals surface area (Å²) >= 11 is 7.76. The third-order valence-corrected chi connectivity index (χ3v) is 7.77. The molecule has 1 aliphatic heterocycles. The summed E-state index contributed by atoms with van der Waals surface area (Å²) in [6.45, 7) is 3.43. The van der Waals surface area contributed by atoms with Crippen molar-refractivity contribution in [2.75, 3.05) is 18.8 Å². The number of sulfonamides is 1. The van der Waals surface area contributed by atoms with Crippen LogP contribution in [0.5, 0.6) is 0 Å². The predicted octanol–water partition coefficient (Wildman–Crippen LogP) is 3.88. The predicted molar refractivity (Wildman–Crippen MR) is 117 cm³/mol. The number of nitrogens with zero attached hydrogens (tertiary/aromatic N) is 1. The van der Waals surface area contributed by atoms with Gasteiger partial charge in [-0.05, 0) is 43.4 Å².